The van der Waals surface area contributed by atoms with Crippen LogP contribution in [0.15, 0.2) is 24.3 Å². The number of nitrogens with zero attached hydrogens (tertiary/aromatic N) is 1. The van der Waals surface area contributed by atoms with Gasteiger partial charge in [-0.3, -0.25) is 9.69 Å². The molecule has 1 aromatic rings. The van der Waals surface area contributed by atoms with Crippen LogP contribution in [0.25, 0.3) is 0 Å². The van der Waals surface area contributed by atoms with E-state index in [4.69, 9.17) is 4.74 Å². The summed E-state index contributed by atoms with van der Waals surface area (Å²) < 4.78 is 5.85. The zero-order valence-corrected chi connectivity index (χ0v) is 13.5. The molecule has 0 spiro atoms. The van der Waals surface area contributed by atoms with Gasteiger partial charge in [0.15, 0.2) is 5.78 Å². The van der Waals surface area contributed by atoms with E-state index in [1.807, 2.05) is 24.3 Å². The number of benzene rings is 1. The maximum Gasteiger partial charge on any atom is 0.163 e. The molecule has 0 aliphatic carbocycles. The Hall–Kier alpha value is -1.39. The summed E-state index contributed by atoms with van der Waals surface area (Å²) in [5, 5.41) is 3.68. The van der Waals surface area contributed by atoms with Crippen LogP contribution in [0.4, 0.5) is 0 Å². The highest BCUT2D eigenvalue weighted by atomic mass is 16.5. The molecule has 2 aliphatic heterocycles. The highest BCUT2D eigenvalue weighted by Crippen LogP contribution is 2.29. The van der Waals surface area contributed by atoms with Crippen LogP contribution in [0, 0.1) is 0 Å². The first-order valence-corrected chi connectivity index (χ1v) is 8.32. The Bertz CT molecular complexity index is 520. The Kier molecular flexibility index (Phi) is 4.79. The Morgan fingerprint density at radius 1 is 1.27 bits per heavy atom. The van der Waals surface area contributed by atoms with Crippen molar-refractivity contribution in [2.75, 3.05) is 20.2 Å². The van der Waals surface area contributed by atoms with Crippen molar-refractivity contribution in [2.45, 2.75) is 50.7 Å². The van der Waals surface area contributed by atoms with Crippen molar-refractivity contribution in [3.8, 4) is 5.75 Å². The largest absolute Gasteiger partial charge is 0.491 e. The lowest BCUT2D eigenvalue weighted by Gasteiger charge is -2.35. The fourth-order valence-electron chi connectivity index (χ4n) is 3.75. The van der Waals surface area contributed by atoms with Crippen molar-refractivity contribution >= 4 is 5.78 Å². The van der Waals surface area contributed by atoms with Gasteiger partial charge in [0.25, 0.3) is 0 Å². The van der Waals surface area contributed by atoms with Gasteiger partial charge in [-0.15, -0.1) is 0 Å². The summed E-state index contributed by atoms with van der Waals surface area (Å²) in [5.74, 6) is 0.757. The maximum atomic E-state index is 11.6. The highest BCUT2D eigenvalue weighted by molar-refractivity contribution is 5.96. The summed E-state index contributed by atoms with van der Waals surface area (Å²) >= 11 is 0. The molecule has 4 nitrogen and oxygen atoms in total. The van der Waals surface area contributed by atoms with Gasteiger partial charge in [-0.2, -0.15) is 0 Å². The molecule has 120 valence electrons. The predicted octanol–water partition coefficient (Wildman–Crippen LogP) is 2.48. The van der Waals surface area contributed by atoms with E-state index in [-0.39, 0.29) is 5.78 Å². The van der Waals surface area contributed by atoms with Gasteiger partial charge in [-0.05, 0) is 51.8 Å². The maximum absolute atomic E-state index is 11.6. The zero-order valence-electron chi connectivity index (χ0n) is 13.5. The van der Waals surface area contributed by atoms with Gasteiger partial charge in [0.1, 0.15) is 12.4 Å². The molecule has 2 atom stereocenters. The van der Waals surface area contributed by atoms with Crippen LogP contribution in [0.3, 0.4) is 0 Å². The molecule has 1 aromatic carbocycles. The monoisotopic (exact) mass is 302 g/mol. The number of likely N-dealkylation sites (N-methyl/N-ethyl adjacent to an activating group) is 1. The lowest BCUT2D eigenvalue weighted by Crippen LogP contribution is -2.47. The van der Waals surface area contributed by atoms with E-state index in [1.165, 1.54) is 25.7 Å². The first kappa shape index (κ1) is 15.5. The van der Waals surface area contributed by atoms with Crippen molar-refractivity contribution in [1.29, 1.82) is 0 Å². The molecule has 0 aromatic heterocycles. The molecule has 2 bridgehead atoms. The fraction of sp³-hybridized carbons (Fsp3) is 0.611. The lowest BCUT2D eigenvalue weighted by atomic mass is 9.99. The van der Waals surface area contributed by atoms with Gasteiger partial charge < -0.3 is 10.1 Å². The smallest absolute Gasteiger partial charge is 0.163 e. The number of hydrogen-bond acceptors (Lipinski definition) is 4. The molecular formula is C18H26N2O2. The molecule has 0 saturated carbocycles. The minimum atomic E-state index is 0.0545. The minimum absolute atomic E-state index is 0.0545. The number of ether oxygens (including phenoxy) is 1. The highest BCUT2D eigenvalue weighted by Gasteiger charge is 2.34. The third-order valence-electron chi connectivity index (χ3n) is 5.04. The number of piperidine rings is 1. The van der Waals surface area contributed by atoms with Crippen molar-refractivity contribution in [2.24, 2.45) is 0 Å². The molecule has 3 rings (SSSR count). The summed E-state index contributed by atoms with van der Waals surface area (Å²) in [7, 11) is 2.19. The number of ketones is 1. The van der Waals surface area contributed by atoms with E-state index in [0.717, 1.165) is 6.54 Å². The molecule has 2 fully saturated rings. The number of carbonyl (C=O) groups is 1. The van der Waals surface area contributed by atoms with Crippen molar-refractivity contribution in [3.63, 3.8) is 0 Å². The number of fused-ring (bicyclic) bond motifs is 2. The lowest BCUT2D eigenvalue weighted by molar-refractivity contribution is 0.101. The van der Waals surface area contributed by atoms with E-state index in [9.17, 15) is 4.79 Å². The molecule has 2 unspecified atom stereocenters. The third kappa shape index (κ3) is 3.50. The summed E-state index contributed by atoms with van der Waals surface area (Å²) in [5.41, 5.74) is 0.671. The summed E-state index contributed by atoms with van der Waals surface area (Å²) in [6, 6.07) is 9.57. The quantitative estimate of drug-likeness (QED) is 0.820. The Morgan fingerprint density at radius 3 is 2.64 bits per heavy atom. The topological polar surface area (TPSA) is 41.6 Å². The number of Topliss-reactive ketones (excluding diaryl/α,β-unsaturated/α-hetero) is 1. The summed E-state index contributed by atoms with van der Waals surface area (Å²) in [6.07, 6.45) is 5.16. The first-order valence-electron chi connectivity index (χ1n) is 8.32. The van der Waals surface area contributed by atoms with Crippen molar-refractivity contribution in [3.05, 3.63) is 29.8 Å². The van der Waals surface area contributed by atoms with Gasteiger partial charge in [-0.1, -0.05) is 12.1 Å². The normalized spacial score (nSPS) is 27.1. The Morgan fingerprint density at radius 2 is 1.95 bits per heavy atom. The number of hydrogen-bond donors (Lipinski definition) is 1. The molecule has 22 heavy (non-hydrogen) atoms. The molecule has 0 amide bonds. The molecule has 2 heterocycles. The third-order valence-corrected chi connectivity index (χ3v) is 5.04. The van der Waals surface area contributed by atoms with Crippen LogP contribution >= 0.6 is 0 Å². The second-order valence-corrected chi connectivity index (χ2v) is 6.64. The van der Waals surface area contributed by atoms with E-state index in [2.05, 4.69) is 17.3 Å². The number of para-hydroxylation sites is 1. The van der Waals surface area contributed by atoms with Crippen LogP contribution in [-0.2, 0) is 0 Å². The van der Waals surface area contributed by atoms with E-state index >= 15 is 0 Å². The van der Waals surface area contributed by atoms with Gasteiger partial charge in [0, 0.05) is 24.7 Å². The second kappa shape index (κ2) is 6.80. The van der Waals surface area contributed by atoms with Crippen LogP contribution in [0.5, 0.6) is 5.75 Å². The van der Waals surface area contributed by atoms with Crippen LogP contribution < -0.4 is 10.1 Å². The van der Waals surface area contributed by atoms with Gasteiger partial charge in [0.05, 0.1) is 5.56 Å². The summed E-state index contributed by atoms with van der Waals surface area (Å²) in [6.45, 7) is 3.11. The van der Waals surface area contributed by atoms with E-state index < -0.39 is 0 Å². The van der Waals surface area contributed by atoms with Crippen LogP contribution in [0.2, 0.25) is 0 Å². The number of nitrogens with one attached hydrogen (secondary N) is 1. The average molecular weight is 302 g/mol. The molecule has 1 N–H and O–H groups in total. The predicted molar refractivity (Wildman–Crippen MR) is 87.5 cm³/mol. The molecule has 2 aliphatic rings. The average Bonchev–Trinajstić information content (AvgIpc) is 2.85. The van der Waals surface area contributed by atoms with Gasteiger partial charge in [-0.25, -0.2) is 0 Å². The number of rotatable bonds is 6. The standard InChI is InChI=1S/C18H26N2O2/c1-13(21)17-5-3-4-6-18(17)22-10-9-20(2)16-11-14-7-8-15(12-16)19-14/h3-6,14-16,19H,7-12H2,1-2H3. The molecule has 2 saturated heterocycles. The van der Waals surface area contributed by atoms with Crippen LogP contribution in [0.1, 0.15) is 43.0 Å². The van der Waals surface area contributed by atoms with Gasteiger partial charge >= 0.3 is 0 Å². The molecule has 4 heteroatoms. The minimum Gasteiger partial charge on any atom is -0.491 e. The molecule has 0 radical (unpaired) electrons. The van der Waals surface area contributed by atoms with Crippen LogP contribution in [-0.4, -0.2) is 49.0 Å². The first-order chi connectivity index (χ1) is 10.6. The SMILES string of the molecule is CC(=O)c1ccccc1OCCN(C)C1CC2CCC(C1)N2. The number of carbonyl (C=O) groups excluding carboxylic acids is 1. The van der Waals surface area contributed by atoms with Crippen molar-refractivity contribution in [1.82, 2.24) is 10.2 Å². The zero-order chi connectivity index (χ0) is 15.5. The second-order valence-electron chi connectivity index (χ2n) is 6.64. The summed E-state index contributed by atoms with van der Waals surface area (Å²) in [4.78, 5) is 14.0. The van der Waals surface area contributed by atoms with E-state index in [0.29, 0.717) is 36.0 Å². The van der Waals surface area contributed by atoms with Gasteiger partial charge in [0.2, 0.25) is 0 Å². The van der Waals surface area contributed by atoms with E-state index in [1.54, 1.807) is 6.92 Å². The molecular weight excluding hydrogens is 276 g/mol. The van der Waals surface area contributed by atoms with Crippen molar-refractivity contribution < 1.29 is 9.53 Å². The Labute approximate surface area is 132 Å². The fourth-order valence-corrected chi connectivity index (χ4v) is 3.75. The Balaban J connectivity index is 1.50.